The lowest BCUT2D eigenvalue weighted by atomic mass is 10.2. The highest BCUT2D eigenvalue weighted by Crippen LogP contribution is 2.16. The van der Waals surface area contributed by atoms with Crippen molar-refractivity contribution in [2.24, 2.45) is 0 Å². The third-order valence-corrected chi connectivity index (χ3v) is 2.91. The van der Waals surface area contributed by atoms with Crippen molar-refractivity contribution in [3.63, 3.8) is 0 Å². The van der Waals surface area contributed by atoms with Crippen LogP contribution < -0.4 is 0 Å². The Bertz CT molecular complexity index is 284. The van der Waals surface area contributed by atoms with E-state index in [1.165, 1.54) is 0 Å². The van der Waals surface area contributed by atoms with Gasteiger partial charge >= 0.3 is 0 Å². The molecule has 0 saturated heterocycles. The number of benzene rings is 1. The Hall–Kier alpha value is -0.830. The maximum Gasteiger partial charge on any atom is 0.119 e. The molecule has 1 aromatic rings. The van der Waals surface area contributed by atoms with Gasteiger partial charge in [-0.2, -0.15) is 0 Å². The first-order valence-corrected chi connectivity index (χ1v) is 5.34. The molecule has 0 amide bonds. The molecule has 0 unspecified atom stereocenters. The summed E-state index contributed by atoms with van der Waals surface area (Å²) in [5, 5.41) is 9.32. The minimum Gasteiger partial charge on any atom is -0.508 e. The van der Waals surface area contributed by atoms with Gasteiger partial charge in [-0.25, -0.2) is 0 Å². The maximum absolute atomic E-state index is 11.1. The summed E-state index contributed by atoms with van der Waals surface area (Å²) in [4.78, 5) is 0. The molecule has 0 aliphatic carbocycles. The fourth-order valence-electron chi connectivity index (χ4n) is 0.908. The average molecular weight is 184 g/mol. The second-order valence-electron chi connectivity index (χ2n) is 2.50. The van der Waals surface area contributed by atoms with Crippen molar-refractivity contribution in [3.8, 4) is 5.75 Å². The highest BCUT2D eigenvalue weighted by molar-refractivity contribution is 7.84. The Morgan fingerprint density at radius 2 is 2.08 bits per heavy atom. The van der Waals surface area contributed by atoms with Crippen LogP contribution >= 0.6 is 0 Å². The van der Waals surface area contributed by atoms with Gasteiger partial charge in [0.15, 0.2) is 0 Å². The van der Waals surface area contributed by atoms with Crippen LogP contribution in [0.4, 0.5) is 0 Å². The van der Waals surface area contributed by atoms with Crippen LogP contribution in [0.25, 0.3) is 0 Å². The van der Waals surface area contributed by atoms with E-state index in [1.807, 2.05) is 13.0 Å². The predicted molar refractivity (Wildman–Crippen MR) is 50.5 cm³/mol. The van der Waals surface area contributed by atoms with Crippen molar-refractivity contribution in [3.05, 3.63) is 29.8 Å². The van der Waals surface area contributed by atoms with Gasteiger partial charge in [0, 0.05) is 22.1 Å². The standard InChI is InChI=1S/C9H12O2S/c1-2-12(11)7-8-5-3-4-6-9(8)10/h3-6,10H,2,7H2,1H3/t12-/m0/s1. The van der Waals surface area contributed by atoms with Gasteiger partial charge in [-0.15, -0.1) is 0 Å². The van der Waals surface area contributed by atoms with E-state index in [9.17, 15) is 9.32 Å². The minimum atomic E-state index is -0.848. The van der Waals surface area contributed by atoms with Crippen LogP contribution in [0.5, 0.6) is 5.75 Å². The van der Waals surface area contributed by atoms with Crippen molar-refractivity contribution in [2.45, 2.75) is 12.7 Å². The first-order valence-electron chi connectivity index (χ1n) is 3.86. The molecule has 0 fully saturated rings. The summed E-state index contributed by atoms with van der Waals surface area (Å²) in [5.74, 6) is 1.32. The van der Waals surface area contributed by atoms with Crippen molar-refractivity contribution >= 4 is 10.8 Å². The van der Waals surface area contributed by atoms with E-state index in [2.05, 4.69) is 0 Å². The molecule has 66 valence electrons. The Morgan fingerprint density at radius 1 is 1.42 bits per heavy atom. The molecule has 0 aliphatic rings. The molecule has 0 aliphatic heterocycles. The van der Waals surface area contributed by atoms with Gasteiger partial charge in [0.2, 0.25) is 0 Å². The molecule has 0 heterocycles. The number of phenols is 1. The van der Waals surface area contributed by atoms with E-state index < -0.39 is 10.8 Å². The third kappa shape index (κ3) is 2.34. The van der Waals surface area contributed by atoms with Crippen LogP contribution in [-0.4, -0.2) is 15.1 Å². The number of phenolic OH excluding ortho intramolecular Hbond substituents is 1. The fraction of sp³-hybridized carbons (Fsp3) is 0.333. The lowest BCUT2D eigenvalue weighted by Gasteiger charge is -2.01. The number of aromatic hydroxyl groups is 1. The zero-order valence-corrected chi connectivity index (χ0v) is 7.80. The molecule has 1 aromatic carbocycles. The third-order valence-electron chi connectivity index (χ3n) is 1.63. The van der Waals surface area contributed by atoms with Crippen LogP contribution in [0.1, 0.15) is 12.5 Å². The van der Waals surface area contributed by atoms with E-state index in [-0.39, 0.29) is 5.75 Å². The summed E-state index contributed by atoms with van der Waals surface area (Å²) < 4.78 is 11.1. The molecule has 1 atom stereocenters. The van der Waals surface area contributed by atoms with Gasteiger partial charge in [-0.05, 0) is 6.07 Å². The van der Waals surface area contributed by atoms with Crippen LogP contribution in [0, 0.1) is 0 Å². The Labute approximate surface area is 74.7 Å². The van der Waals surface area contributed by atoms with E-state index in [0.717, 1.165) is 5.56 Å². The first-order chi connectivity index (χ1) is 5.74. The van der Waals surface area contributed by atoms with Crippen LogP contribution in [-0.2, 0) is 16.6 Å². The highest BCUT2D eigenvalue weighted by Gasteiger charge is 2.02. The zero-order valence-electron chi connectivity index (χ0n) is 6.99. The molecule has 1 N–H and O–H groups in total. The second-order valence-corrected chi connectivity index (χ2v) is 4.25. The molecule has 0 bridgehead atoms. The summed E-state index contributed by atoms with van der Waals surface area (Å²) in [6.45, 7) is 1.87. The van der Waals surface area contributed by atoms with Gasteiger partial charge in [0.1, 0.15) is 5.75 Å². The van der Waals surface area contributed by atoms with E-state index in [4.69, 9.17) is 0 Å². The molecule has 0 spiro atoms. The maximum atomic E-state index is 11.1. The predicted octanol–water partition coefficient (Wildman–Crippen LogP) is 1.66. The number of rotatable bonds is 3. The van der Waals surface area contributed by atoms with E-state index in [1.54, 1.807) is 18.2 Å². The summed E-state index contributed by atoms with van der Waals surface area (Å²) >= 11 is 0. The van der Waals surface area contributed by atoms with Crippen molar-refractivity contribution in [1.82, 2.24) is 0 Å². The van der Waals surface area contributed by atoms with Gasteiger partial charge in [-0.3, -0.25) is 4.21 Å². The number of hydrogen-bond acceptors (Lipinski definition) is 2. The quantitative estimate of drug-likeness (QED) is 0.775. The lowest BCUT2D eigenvalue weighted by molar-refractivity contribution is 0.470. The van der Waals surface area contributed by atoms with Gasteiger partial charge in [0.25, 0.3) is 0 Å². The Kier molecular flexibility index (Phi) is 3.29. The molecule has 0 saturated carbocycles. The van der Waals surface area contributed by atoms with Gasteiger partial charge in [-0.1, -0.05) is 25.1 Å². The lowest BCUT2D eigenvalue weighted by Crippen LogP contribution is -1.97. The summed E-state index contributed by atoms with van der Waals surface area (Å²) in [7, 11) is -0.848. The van der Waals surface area contributed by atoms with E-state index in [0.29, 0.717) is 11.5 Å². The van der Waals surface area contributed by atoms with E-state index >= 15 is 0 Å². The fourth-order valence-corrected chi connectivity index (χ4v) is 1.70. The summed E-state index contributed by atoms with van der Waals surface area (Å²) in [6, 6.07) is 7.00. The summed E-state index contributed by atoms with van der Waals surface area (Å²) in [5.41, 5.74) is 0.762. The van der Waals surface area contributed by atoms with Crippen LogP contribution in [0.2, 0.25) is 0 Å². The Morgan fingerprint density at radius 3 is 2.67 bits per heavy atom. The monoisotopic (exact) mass is 184 g/mol. The molecule has 0 radical (unpaired) electrons. The molecular formula is C9H12O2S. The van der Waals surface area contributed by atoms with Crippen LogP contribution in [0.15, 0.2) is 24.3 Å². The van der Waals surface area contributed by atoms with Crippen molar-refractivity contribution in [2.75, 3.05) is 5.75 Å². The van der Waals surface area contributed by atoms with Crippen LogP contribution in [0.3, 0.4) is 0 Å². The van der Waals surface area contributed by atoms with Gasteiger partial charge < -0.3 is 5.11 Å². The largest absolute Gasteiger partial charge is 0.508 e. The van der Waals surface area contributed by atoms with Crippen molar-refractivity contribution < 1.29 is 9.32 Å². The molecule has 2 nitrogen and oxygen atoms in total. The molecular weight excluding hydrogens is 172 g/mol. The molecule has 3 heteroatoms. The SMILES string of the molecule is CC[S@](=O)Cc1ccccc1O. The minimum absolute atomic E-state index is 0.235. The van der Waals surface area contributed by atoms with Crippen molar-refractivity contribution in [1.29, 1.82) is 0 Å². The second kappa shape index (κ2) is 4.26. The average Bonchev–Trinajstić information content (AvgIpc) is 2.09. The highest BCUT2D eigenvalue weighted by atomic mass is 32.2. The van der Waals surface area contributed by atoms with Gasteiger partial charge in [0.05, 0.1) is 5.75 Å². The summed E-state index contributed by atoms with van der Waals surface area (Å²) in [6.07, 6.45) is 0. The normalized spacial score (nSPS) is 12.8. The Balaban J connectivity index is 2.75. The first kappa shape index (κ1) is 9.26. The zero-order chi connectivity index (χ0) is 8.97. The molecule has 0 aromatic heterocycles. The number of para-hydroxylation sites is 1. The molecule has 12 heavy (non-hydrogen) atoms. The smallest absolute Gasteiger partial charge is 0.119 e. The molecule has 1 rings (SSSR count). The topological polar surface area (TPSA) is 37.3 Å². The number of hydrogen-bond donors (Lipinski definition) is 1.